The molecule has 0 fully saturated rings. The first-order valence-corrected chi connectivity index (χ1v) is 2.51. The predicted octanol–water partition coefficient (Wildman–Crippen LogP) is -1.41. The first-order valence-electron chi connectivity index (χ1n) is 2.51. The number of carbonyl (C=O) groups is 2. The van der Waals surface area contributed by atoms with Gasteiger partial charge >= 0.3 is 5.97 Å². The minimum absolute atomic E-state index is 0. The summed E-state index contributed by atoms with van der Waals surface area (Å²) in [5, 5.41) is 16.6. The van der Waals surface area contributed by atoms with Gasteiger partial charge in [0.15, 0.2) is 0 Å². The van der Waals surface area contributed by atoms with E-state index in [0.717, 1.165) is 0 Å². The number of hydrogen-bond donors (Lipinski definition) is 3. The van der Waals surface area contributed by atoms with Crippen molar-refractivity contribution < 1.29 is 36.9 Å². The summed E-state index contributed by atoms with van der Waals surface area (Å²) in [5.41, 5.74) is 4.91. The Hall–Kier alpha value is -0.421. The van der Waals surface area contributed by atoms with Crippen molar-refractivity contribution in [1.82, 2.24) is 0 Å². The predicted molar refractivity (Wildman–Crippen MR) is 34.4 cm³/mol. The molecule has 0 aliphatic heterocycles. The summed E-state index contributed by atoms with van der Waals surface area (Å²) in [6.45, 7) is 3.33. The molecular weight excluding hydrogens is 202 g/mol. The Morgan fingerprint density at radius 2 is 1.82 bits per heavy atom. The van der Waals surface area contributed by atoms with E-state index in [-0.39, 0.29) is 17.1 Å². The molecule has 0 rings (SSSR count). The van der Waals surface area contributed by atoms with Crippen LogP contribution < -0.4 is 5.73 Å². The van der Waals surface area contributed by atoms with Gasteiger partial charge < -0.3 is 20.7 Å². The molecule has 0 saturated heterocycles. The fourth-order valence-electron chi connectivity index (χ4n) is 0.206. The summed E-state index contributed by atoms with van der Waals surface area (Å²) < 4.78 is 0. The van der Waals surface area contributed by atoms with E-state index in [1.54, 1.807) is 0 Å². The van der Waals surface area contributed by atoms with Gasteiger partial charge in [-0.3, -0.25) is 4.79 Å². The summed E-state index contributed by atoms with van der Waals surface area (Å²) >= 11 is 0. The van der Waals surface area contributed by atoms with Crippen molar-refractivity contribution >= 4 is 12.8 Å². The molecule has 0 spiro atoms. The molecule has 5 nitrogen and oxygen atoms in total. The quantitative estimate of drug-likeness (QED) is 0.489. The molecule has 6 heteroatoms. The average molecular weight is 213 g/mol. The molecule has 1 radical (unpaired) electrons. The van der Waals surface area contributed by atoms with Crippen molar-refractivity contribution in [2.75, 3.05) is 0 Å². The van der Waals surface area contributed by atoms with E-state index in [9.17, 15) is 4.79 Å². The topological polar surface area (TPSA) is 101 Å². The van der Waals surface area contributed by atoms with Gasteiger partial charge in [-0.2, -0.15) is 0 Å². The molecule has 0 aliphatic carbocycles. The molecule has 0 aromatic rings. The summed E-state index contributed by atoms with van der Waals surface area (Å²) in [6, 6.07) is -1.16. The van der Waals surface area contributed by atoms with Gasteiger partial charge in [-0.1, -0.05) is 0 Å². The Morgan fingerprint density at radius 3 is 1.82 bits per heavy atom. The molecule has 71 valence electrons. The number of carboxylic acid groups (broad SMARTS) is 1. The second kappa shape index (κ2) is 9.58. The van der Waals surface area contributed by atoms with Crippen molar-refractivity contribution in [3.8, 4) is 0 Å². The minimum atomic E-state index is -1.18. The van der Waals surface area contributed by atoms with E-state index in [2.05, 4.69) is 0 Å². The summed E-state index contributed by atoms with van der Waals surface area (Å²) in [4.78, 5) is 17.9. The van der Waals surface area contributed by atoms with Crippen molar-refractivity contribution in [3.63, 3.8) is 0 Å². The van der Waals surface area contributed by atoms with E-state index in [1.165, 1.54) is 6.92 Å². The third-order valence-electron chi connectivity index (χ3n) is 0.805. The van der Waals surface area contributed by atoms with Crippen LogP contribution in [0.15, 0.2) is 0 Å². The molecule has 4 N–H and O–H groups in total. The number of aliphatic hydroxyl groups excluding tert-OH is 1. The molecule has 2 unspecified atom stereocenters. The van der Waals surface area contributed by atoms with Crippen molar-refractivity contribution in [2.24, 2.45) is 5.73 Å². The number of hydrogen-bond acceptors (Lipinski definition) is 4. The maximum absolute atomic E-state index is 9.86. The van der Waals surface area contributed by atoms with E-state index >= 15 is 0 Å². The van der Waals surface area contributed by atoms with E-state index < -0.39 is 18.1 Å². The van der Waals surface area contributed by atoms with Gasteiger partial charge in [0, 0.05) is 17.1 Å². The van der Waals surface area contributed by atoms with Gasteiger partial charge in [0.05, 0.1) is 6.10 Å². The first-order chi connectivity index (χ1) is 4.55. The molecule has 0 aliphatic rings. The Labute approximate surface area is 75.1 Å². The zero-order chi connectivity index (χ0) is 8.73. The standard InChI is InChI=1S/C4H9NO3.CH2O.Cu/c1-2(6)3(5)4(7)8;1-2;/h2-3,6H,5H2,1H3,(H,7,8);1H2;. The molecule has 2 atom stereocenters. The van der Waals surface area contributed by atoms with Crippen LogP contribution in [0.4, 0.5) is 0 Å². The zero-order valence-electron chi connectivity index (χ0n) is 5.95. The maximum atomic E-state index is 9.86. The number of nitrogens with two attached hydrogens (primary N) is 1. The fourth-order valence-corrected chi connectivity index (χ4v) is 0.206. The van der Waals surface area contributed by atoms with Crippen LogP contribution in [0.5, 0.6) is 0 Å². The Bertz CT molecular complexity index is 109. The van der Waals surface area contributed by atoms with E-state index in [0.29, 0.717) is 0 Å². The molecule has 0 amide bonds. The van der Waals surface area contributed by atoms with Crippen LogP contribution >= 0.6 is 0 Å². The maximum Gasteiger partial charge on any atom is 0.323 e. The molecule has 0 bridgehead atoms. The van der Waals surface area contributed by atoms with Gasteiger partial charge in [-0.05, 0) is 6.92 Å². The number of rotatable bonds is 2. The van der Waals surface area contributed by atoms with Crippen molar-refractivity contribution in [2.45, 2.75) is 19.1 Å². The van der Waals surface area contributed by atoms with Crippen LogP contribution in [0.1, 0.15) is 6.92 Å². The van der Waals surface area contributed by atoms with E-state index in [1.807, 2.05) is 6.79 Å². The smallest absolute Gasteiger partial charge is 0.323 e. The normalized spacial score (nSPS) is 13.0. The van der Waals surface area contributed by atoms with Gasteiger partial charge in [-0.15, -0.1) is 0 Å². The SMILES string of the molecule is C=O.CC(O)C(N)C(=O)O.[Cu]. The van der Waals surface area contributed by atoms with Crippen LogP contribution in [0, 0.1) is 0 Å². The summed E-state index contributed by atoms with van der Waals surface area (Å²) in [6.07, 6.45) is -0.979. The third-order valence-corrected chi connectivity index (χ3v) is 0.805. The van der Waals surface area contributed by atoms with Crippen molar-refractivity contribution in [3.05, 3.63) is 0 Å². The number of aliphatic carboxylic acids is 1. The molecular formula is C5H11CuNO4. The Kier molecular flexibility index (Phi) is 14.7. The van der Waals surface area contributed by atoms with Gasteiger partial charge in [0.2, 0.25) is 0 Å². The monoisotopic (exact) mass is 212 g/mol. The second-order valence-corrected chi connectivity index (χ2v) is 1.60. The molecule has 0 heterocycles. The number of aliphatic hydroxyl groups is 1. The van der Waals surface area contributed by atoms with Gasteiger partial charge in [0.1, 0.15) is 12.8 Å². The van der Waals surface area contributed by atoms with Crippen LogP contribution in [0.25, 0.3) is 0 Å². The summed E-state index contributed by atoms with van der Waals surface area (Å²) in [5.74, 6) is -1.18. The van der Waals surface area contributed by atoms with Crippen LogP contribution in [-0.4, -0.2) is 35.1 Å². The molecule has 0 aromatic heterocycles. The minimum Gasteiger partial charge on any atom is -0.480 e. The van der Waals surface area contributed by atoms with Crippen LogP contribution in [-0.2, 0) is 26.7 Å². The molecule has 0 aromatic carbocycles. The fraction of sp³-hybridized carbons (Fsp3) is 0.600. The van der Waals surface area contributed by atoms with E-state index in [4.69, 9.17) is 20.7 Å². The van der Waals surface area contributed by atoms with Crippen LogP contribution in [0.3, 0.4) is 0 Å². The average Bonchev–Trinajstić information content (AvgIpc) is 1.90. The van der Waals surface area contributed by atoms with Gasteiger partial charge in [0.25, 0.3) is 0 Å². The molecule has 0 saturated carbocycles. The second-order valence-electron chi connectivity index (χ2n) is 1.60. The largest absolute Gasteiger partial charge is 0.480 e. The number of carbonyl (C=O) groups excluding carboxylic acids is 1. The zero-order valence-corrected chi connectivity index (χ0v) is 6.89. The van der Waals surface area contributed by atoms with Crippen LogP contribution in [0.2, 0.25) is 0 Å². The van der Waals surface area contributed by atoms with Gasteiger partial charge in [-0.25, -0.2) is 0 Å². The molecule has 11 heavy (non-hydrogen) atoms. The summed E-state index contributed by atoms with van der Waals surface area (Å²) in [7, 11) is 0. The van der Waals surface area contributed by atoms with Crippen molar-refractivity contribution in [1.29, 1.82) is 0 Å². The number of carboxylic acids is 1. The Morgan fingerprint density at radius 1 is 1.55 bits per heavy atom. The Balaban J connectivity index is -0.000000196. The third kappa shape index (κ3) is 9.58. The first kappa shape index (κ1) is 16.9.